The van der Waals surface area contributed by atoms with Crippen LogP contribution >= 0.6 is 11.6 Å². The van der Waals surface area contributed by atoms with Gasteiger partial charge in [-0.3, -0.25) is 0 Å². The van der Waals surface area contributed by atoms with Gasteiger partial charge in [0, 0.05) is 13.1 Å². The first-order chi connectivity index (χ1) is 10.4. The Morgan fingerprint density at radius 2 is 2.00 bits per heavy atom. The van der Waals surface area contributed by atoms with Crippen molar-refractivity contribution in [2.75, 3.05) is 26.2 Å². The van der Waals surface area contributed by atoms with E-state index in [0.717, 1.165) is 32.4 Å². The minimum absolute atomic E-state index is 0.0380. The molecule has 4 nitrogen and oxygen atoms in total. The molecule has 0 bridgehead atoms. The van der Waals surface area contributed by atoms with Crippen LogP contribution in [0.15, 0.2) is 18.2 Å². The zero-order valence-corrected chi connectivity index (χ0v) is 13.9. The Labute approximate surface area is 135 Å². The molecule has 0 aliphatic carbocycles. The maximum Gasteiger partial charge on any atom is 0.218 e. The summed E-state index contributed by atoms with van der Waals surface area (Å²) < 4.78 is 40.0. The van der Waals surface area contributed by atoms with E-state index in [0.29, 0.717) is 18.7 Å². The second-order valence-corrected chi connectivity index (χ2v) is 8.71. The first kappa shape index (κ1) is 16.2. The maximum atomic E-state index is 13.2. The lowest BCUT2D eigenvalue weighted by Gasteiger charge is -2.33. The van der Waals surface area contributed by atoms with Crippen LogP contribution < -0.4 is 5.32 Å². The van der Waals surface area contributed by atoms with Gasteiger partial charge in [-0.15, -0.1) is 0 Å². The number of nitrogens with one attached hydrogen (secondary N) is 1. The molecule has 3 rings (SSSR count). The molecule has 2 heterocycles. The summed E-state index contributed by atoms with van der Waals surface area (Å²) in [5.74, 6) is -0.654. The summed E-state index contributed by atoms with van der Waals surface area (Å²) in [7, 11) is -3.39. The molecule has 1 aromatic carbocycles. The van der Waals surface area contributed by atoms with E-state index in [1.165, 1.54) is 18.2 Å². The smallest absolute Gasteiger partial charge is 0.218 e. The molecule has 1 N–H and O–H groups in total. The number of rotatable bonds is 3. The fourth-order valence-electron chi connectivity index (χ4n) is 3.43. The summed E-state index contributed by atoms with van der Waals surface area (Å²) in [5, 5.41) is 3.28. The van der Waals surface area contributed by atoms with Crippen molar-refractivity contribution in [3.05, 3.63) is 34.6 Å². The lowest BCUT2D eigenvalue weighted by Crippen LogP contribution is -2.40. The number of benzene rings is 1. The minimum atomic E-state index is -3.39. The zero-order valence-electron chi connectivity index (χ0n) is 12.3. The van der Waals surface area contributed by atoms with Crippen LogP contribution in [0.4, 0.5) is 4.39 Å². The summed E-state index contributed by atoms with van der Waals surface area (Å²) in [6.07, 6.45) is 2.99. The van der Waals surface area contributed by atoms with Gasteiger partial charge in [0.1, 0.15) is 5.82 Å². The molecule has 0 unspecified atom stereocenters. The van der Waals surface area contributed by atoms with Gasteiger partial charge >= 0.3 is 0 Å². The van der Waals surface area contributed by atoms with Crippen molar-refractivity contribution in [1.29, 1.82) is 0 Å². The second kappa shape index (κ2) is 6.07. The van der Waals surface area contributed by atoms with Crippen molar-refractivity contribution >= 4 is 21.6 Å². The highest BCUT2D eigenvalue weighted by Crippen LogP contribution is 2.40. The molecule has 0 saturated carbocycles. The summed E-state index contributed by atoms with van der Waals surface area (Å²) in [4.78, 5) is 0. The predicted octanol–water partition coefficient (Wildman–Crippen LogP) is 2.38. The molecular weight excluding hydrogens is 327 g/mol. The Hall–Kier alpha value is -0.690. The summed E-state index contributed by atoms with van der Waals surface area (Å²) in [5.41, 5.74) is 0.663. The third-order valence-electron chi connectivity index (χ3n) is 4.79. The van der Waals surface area contributed by atoms with Crippen molar-refractivity contribution in [2.24, 2.45) is 5.41 Å². The number of halogens is 2. The number of hydrogen-bond acceptors (Lipinski definition) is 3. The molecule has 2 saturated heterocycles. The molecule has 0 amide bonds. The monoisotopic (exact) mass is 346 g/mol. The van der Waals surface area contributed by atoms with E-state index in [1.54, 1.807) is 4.31 Å². The molecule has 0 radical (unpaired) electrons. The number of sulfonamides is 1. The van der Waals surface area contributed by atoms with E-state index in [2.05, 4.69) is 5.32 Å². The van der Waals surface area contributed by atoms with E-state index in [-0.39, 0.29) is 16.2 Å². The summed E-state index contributed by atoms with van der Waals surface area (Å²) in [6, 6.07) is 4.09. The molecular formula is C15H20ClFN2O2S. The van der Waals surface area contributed by atoms with Crippen molar-refractivity contribution in [2.45, 2.75) is 25.0 Å². The zero-order chi connectivity index (χ0) is 15.8. The minimum Gasteiger partial charge on any atom is -0.317 e. The Morgan fingerprint density at radius 3 is 2.68 bits per heavy atom. The fourth-order valence-corrected chi connectivity index (χ4v) is 5.25. The van der Waals surface area contributed by atoms with Gasteiger partial charge in [0.2, 0.25) is 10.0 Å². The Bertz CT molecular complexity index is 660. The standard InChI is InChI=1S/C15H20ClFN2O2S/c16-13-9-12(1-2-14(13)17)10-22(20,21)19-8-5-15(11-19)3-6-18-7-4-15/h1-2,9,18H,3-8,10-11H2. The number of hydrogen-bond donors (Lipinski definition) is 1. The van der Waals surface area contributed by atoms with Crippen LogP contribution in [0.3, 0.4) is 0 Å². The molecule has 1 spiro atoms. The fraction of sp³-hybridized carbons (Fsp3) is 0.600. The topological polar surface area (TPSA) is 49.4 Å². The van der Waals surface area contributed by atoms with Gasteiger partial charge in [-0.2, -0.15) is 0 Å². The van der Waals surface area contributed by atoms with E-state index in [9.17, 15) is 12.8 Å². The summed E-state index contributed by atoms with van der Waals surface area (Å²) >= 11 is 5.73. The average molecular weight is 347 g/mol. The second-order valence-electron chi connectivity index (χ2n) is 6.34. The lowest BCUT2D eigenvalue weighted by molar-refractivity contribution is 0.218. The van der Waals surface area contributed by atoms with Crippen LogP contribution in [0.1, 0.15) is 24.8 Å². The lowest BCUT2D eigenvalue weighted by atomic mass is 9.78. The normalized spacial score (nSPS) is 22.3. The molecule has 2 aliphatic heterocycles. The highest BCUT2D eigenvalue weighted by atomic mass is 35.5. The molecule has 0 aromatic heterocycles. The predicted molar refractivity (Wildman–Crippen MR) is 84.8 cm³/mol. The van der Waals surface area contributed by atoms with Crippen molar-refractivity contribution in [3.63, 3.8) is 0 Å². The quantitative estimate of drug-likeness (QED) is 0.914. The van der Waals surface area contributed by atoms with Crippen molar-refractivity contribution in [3.8, 4) is 0 Å². The molecule has 122 valence electrons. The van der Waals surface area contributed by atoms with Crippen molar-refractivity contribution < 1.29 is 12.8 Å². The van der Waals surface area contributed by atoms with Crippen LogP contribution in [0.2, 0.25) is 5.02 Å². The third kappa shape index (κ3) is 3.30. The number of piperidine rings is 1. The number of nitrogens with zero attached hydrogens (tertiary/aromatic N) is 1. The van der Waals surface area contributed by atoms with Crippen molar-refractivity contribution in [1.82, 2.24) is 9.62 Å². The van der Waals surface area contributed by atoms with E-state index >= 15 is 0 Å². The van der Waals surface area contributed by atoms with Crippen LogP contribution in [0, 0.1) is 11.2 Å². The first-order valence-electron chi connectivity index (χ1n) is 7.53. The van der Waals surface area contributed by atoms with E-state index in [4.69, 9.17) is 11.6 Å². The molecule has 22 heavy (non-hydrogen) atoms. The van der Waals surface area contributed by atoms with Crippen LogP contribution in [0.5, 0.6) is 0 Å². The van der Waals surface area contributed by atoms with Crippen LogP contribution in [-0.2, 0) is 15.8 Å². The Balaban J connectivity index is 1.72. The van der Waals surface area contributed by atoms with Gasteiger partial charge in [0.25, 0.3) is 0 Å². The molecule has 0 atom stereocenters. The summed E-state index contributed by atoms with van der Waals surface area (Å²) in [6.45, 7) is 3.10. The maximum absolute atomic E-state index is 13.2. The van der Waals surface area contributed by atoms with Gasteiger partial charge in [-0.1, -0.05) is 17.7 Å². The average Bonchev–Trinajstić information content (AvgIpc) is 2.88. The van der Waals surface area contributed by atoms with E-state index in [1.807, 2.05) is 0 Å². The molecule has 7 heteroatoms. The van der Waals surface area contributed by atoms with Gasteiger partial charge in [-0.25, -0.2) is 17.1 Å². The van der Waals surface area contributed by atoms with Gasteiger partial charge in [-0.05, 0) is 55.5 Å². The first-order valence-corrected chi connectivity index (χ1v) is 9.52. The molecule has 1 aromatic rings. The Morgan fingerprint density at radius 1 is 1.27 bits per heavy atom. The highest BCUT2D eigenvalue weighted by molar-refractivity contribution is 7.88. The molecule has 2 aliphatic rings. The van der Waals surface area contributed by atoms with Gasteiger partial charge < -0.3 is 5.32 Å². The highest BCUT2D eigenvalue weighted by Gasteiger charge is 2.42. The Kier molecular flexibility index (Phi) is 4.47. The van der Waals surface area contributed by atoms with Crippen LogP contribution in [-0.4, -0.2) is 38.9 Å². The largest absolute Gasteiger partial charge is 0.317 e. The van der Waals surface area contributed by atoms with Gasteiger partial charge in [0.05, 0.1) is 10.8 Å². The SMILES string of the molecule is O=S(=O)(Cc1ccc(F)c(Cl)c1)N1CCC2(CCNCC2)C1. The molecule has 2 fully saturated rings. The van der Waals surface area contributed by atoms with Crippen LogP contribution in [0.25, 0.3) is 0 Å². The third-order valence-corrected chi connectivity index (χ3v) is 6.88. The van der Waals surface area contributed by atoms with E-state index < -0.39 is 15.8 Å². The van der Waals surface area contributed by atoms with Gasteiger partial charge in [0.15, 0.2) is 0 Å².